The molecular formula is C23H28N4O2. The molecule has 0 bridgehead atoms. The van der Waals surface area contributed by atoms with Gasteiger partial charge in [-0.1, -0.05) is 36.4 Å². The van der Waals surface area contributed by atoms with Crippen molar-refractivity contribution in [3.63, 3.8) is 0 Å². The summed E-state index contributed by atoms with van der Waals surface area (Å²) < 4.78 is 0. The predicted octanol–water partition coefficient (Wildman–Crippen LogP) is 1.16. The highest BCUT2D eigenvalue weighted by Gasteiger charge is 2.56. The minimum Gasteiger partial charge on any atom is -0.392 e. The number of piperazine rings is 1. The summed E-state index contributed by atoms with van der Waals surface area (Å²) >= 11 is 0. The number of pyridine rings is 1. The molecule has 3 aliphatic rings. The average molecular weight is 393 g/mol. The molecule has 5 rings (SSSR count). The van der Waals surface area contributed by atoms with Crippen LogP contribution in [-0.4, -0.2) is 81.1 Å². The summed E-state index contributed by atoms with van der Waals surface area (Å²) in [5, 5.41) is 10.3. The zero-order chi connectivity index (χ0) is 19.8. The first-order valence-corrected chi connectivity index (χ1v) is 10.5. The quantitative estimate of drug-likeness (QED) is 0.846. The van der Waals surface area contributed by atoms with Crippen molar-refractivity contribution >= 4 is 5.91 Å². The number of carbonyl (C=O) groups excluding carboxylic acids is 1. The molecule has 1 aromatic carbocycles. The number of nitrogens with zero attached hydrogens (tertiary/aromatic N) is 4. The molecule has 3 fully saturated rings. The third kappa shape index (κ3) is 3.68. The molecule has 0 unspecified atom stereocenters. The molecular weight excluding hydrogens is 364 g/mol. The fraction of sp³-hybridized carbons (Fsp3) is 0.478. The molecule has 29 heavy (non-hydrogen) atoms. The number of amides is 1. The van der Waals surface area contributed by atoms with Crippen LogP contribution in [0.2, 0.25) is 0 Å². The lowest BCUT2D eigenvalue weighted by Crippen LogP contribution is -2.78. The van der Waals surface area contributed by atoms with E-state index in [0.29, 0.717) is 12.5 Å². The summed E-state index contributed by atoms with van der Waals surface area (Å²) in [7, 11) is 0. The number of hydrogen-bond donors (Lipinski definition) is 1. The molecule has 1 amide bonds. The van der Waals surface area contributed by atoms with Gasteiger partial charge in [-0.2, -0.15) is 0 Å². The standard InChI is InChI=1S/C23H28N4O2/c28-21-10-20-13-25(12-19-7-4-8-24-11-19)15-23(27(20)14-21)16-26(17-23)22(29)9-18-5-2-1-3-6-18/h1-8,11,20-21,28H,9-10,12-17H2/t20-,21+/m0/s1. The van der Waals surface area contributed by atoms with Gasteiger partial charge in [0.1, 0.15) is 0 Å². The van der Waals surface area contributed by atoms with E-state index in [1.165, 1.54) is 5.56 Å². The van der Waals surface area contributed by atoms with Crippen molar-refractivity contribution in [3.05, 3.63) is 66.0 Å². The Kier molecular flexibility index (Phi) is 4.86. The van der Waals surface area contributed by atoms with E-state index in [2.05, 4.69) is 20.9 Å². The van der Waals surface area contributed by atoms with Gasteiger partial charge in [-0.15, -0.1) is 0 Å². The lowest BCUT2D eigenvalue weighted by Gasteiger charge is -2.61. The first kappa shape index (κ1) is 18.7. The Hall–Kier alpha value is -2.28. The number of aliphatic hydroxyl groups excluding tert-OH is 1. The molecule has 152 valence electrons. The number of likely N-dealkylation sites (tertiary alicyclic amines) is 1. The van der Waals surface area contributed by atoms with Crippen LogP contribution in [0.1, 0.15) is 17.5 Å². The highest BCUT2D eigenvalue weighted by Crippen LogP contribution is 2.39. The molecule has 4 heterocycles. The van der Waals surface area contributed by atoms with Crippen molar-refractivity contribution in [2.45, 2.75) is 37.1 Å². The Morgan fingerprint density at radius 2 is 1.86 bits per heavy atom. The van der Waals surface area contributed by atoms with Crippen LogP contribution in [0.5, 0.6) is 0 Å². The second kappa shape index (κ2) is 7.52. The van der Waals surface area contributed by atoms with Gasteiger partial charge in [0.15, 0.2) is 0 Å². The molecule has 0 saturated carbocycles. The van der Waals surface area contributed by atoms with Gasteiger partial charge in [0.2, 0.25) is 5.91 Å². The van der Waals surface area contributed by atoms with Crippen molar-refractivity contribution in [2.24, 2.45) is 0 Å². The maximum absolute atomic E-state index is 12.8. The van der Waals surface area contributed by atoms with Gasteiger partial charge in [-0.25, -0.2) is 0 Å². The zero-order valence-electron chi connectivity index (χ0n) is 16.7. The fourth-order valence-corrected chi connectivity index (χ4v) is 5.39. The van der Waals surface area contributed by atoms with Crippen LogP contribution in [0, 0.1) is 0 Å². The Balaban J connectivity index is 1.28. The molecule has 1 N–H and O–H groups in total. The van der Waals surface area contributed by atoms with Crippen molar-refractivity contribution < 1.29 is 9.90 Å². The molecule has 6 nitrogen and oxygen atoms in total. The van der Waals surface area contributed by atoms with Crippen LogP contribution in [-0.2, 0) is 17.8 Å². The molecule has 1 spiro atoms. The summed E-state index contributed by atoms with van der Waals surface area (Å²) in [6.45, 7) is 5.00. The number of β-amino-alcohol motifs (C(OH)–C–C–N with tert-alkyl or cyclic N) is 1. The molecule has 0 radical (unpaired) electrons. The van der Waals surface area contributed by atoms with E-state index in [0.717, 1.165) is 51.3 Å². The number of benzene rings is 1. The van der Waals surface area contributed by atoms with Gasteiger partial charge in [0, 0.05) is 57.7 Å². The molecule has 0 aliphatic carbocycles. The molecule has 3 saturated heterocycles. The van der Waals surface area contributed by atoms with Gasteiger partial charge in [0.25, 0.3) is 0 Å². The van der Waals surface area contributed by atoms with Crippen molar-refractivity contribution in [1.82, 2.24) is 19.7 Å². The van der Waals surface area contributed by atoms with Crippen LogP contribution in [0.4, 0.5) is 0 Å². The topological polar surface area (TPSA) is 59.9 Å². The smallest absolute Gasteiger partial charge is 0.227 e. The van der Waals surface area contributed by atoms with E-state index in [1.54, 1.807) is 6.20 Å². The molecule has 3 aliphatic heterocycles. The molecule has 6 heteroatoms. The highest BCUT2D eigenvalue weighted by atomic mass is 16.3. The van der Waals surface area contributed by atoms with Crippen molar-refractivity contribution in [1.29, 1.82) is 0 Å². The molecule has 2 atom stereocenters. The maximum Gasteiger partial charge on any atom is 0.227 e. The van der Waals surface area contributed by atoms with Crippen molar-refractivity contribution in [3.8, 4) is 0 Å². The number of rotatable bonds is 4. The molecule has 2 aromatic rings. The summed E-state index contributed by atoms with van der Waals surface area (Å²) in [6, 6.07) is 14.4. The zero-order valence-corrected chi connectivity index (χ0v) is 16.7. The van der Waals surface area contributed by atoms with E-state index in [-0.39, 0.29) is 17.6 Å². The van der Waals surface area contributed by atoms with Gasteiger partial charge in [-0.05, 0) is 23.6 Å². The minimum absolute atomic E-state index is 0.0328. The Morgan fingerprint density at radius 1 is 1.07 bits per heavy atom. The normalized spacial score (nSPS) is 26.3. The summed E-state index contributed by atoms with van der Waals surface area (Å²) in [5.74, 6) is 0.197. The Labute approximate surface area is 171 Å². The van der Waals surface area contributed by atoms with Gasteiger partial charge in [0.05, 0.1) is 18.1 Å². The third-order valence-corrected chi connectivity index (χ3v) is 6.64. The van der Waals surface area contributed by atoms with E-state index in [1.807, 2.05) is 47.5 Å². The lowest BCUT2D eigenvalue weighted by molar-refractivity contribution is -0.156. The predicted molar refractivity (Wildman–Crippen MR) is 110 cm³/mol. The minimum atomic E-state index is -0.260. The monoisotopic (exact) mass is 392 g/mol. The van der Waals surface area contributed by atoms with E-state index in [4.69, 9.17) is 0 Å². The van der Waals surface area contributed by atoms with Crippen LogP contribution in [0.15, 0.2) is 54.9 Å². The second-order valence-electron chi connectivity index (χ2n) is 8.86. The second-order valence-corrected chi connectivity index (χ2v) is 8.86. The van der Waals surface area contributed by atoms with Crippen LogP contribution in [0.3, 0.4) is 0 Å². The maximum atomic E-state index is 12.8. The summed E-state index contributed by atoms with van der Waals surface area (Å²) in [6.07, 6.45) is 4.76. The van der Waals surface area contributed by atoms with E-state index < -0.39 is 0 Å². The first-order chi connectivity index (χ1) is 14.1. The van der Waals surface area contributed by atoms with Crippen LogP contribution in [0.25, 0.3) is 0 Å². The van der Waals surface area contributed by atoms with Crippen LogP contribution < -0.4 is 0 Å². The molecule has 1 aromatic heterocycles. The number of carbonyl (C=O) groups is 1. The number of fused-ring (bicyclic) bond motifs is 2. The summed E-state index contributed by atoms with van der Waals surface area (Å²) in [4.78, 5) is 24.0. The summed E-state index contributed by atoms with van der Waals surface area (Å²) in [5.41, 5.74) is 2.25. The van der Waals surface area contributed by atoms with E-state index in [9.17, 15) is 9.90 Å². The van der Waals surface area contributed by atoms with Crippen molar-refractivity contribution in [2.75, 3.05) is 32.7 Å². The van der Waals surface area contributed by atoms with Gasteiger partial charge >= 0.3 is 0 Å². The largest absolute Gasteiger partial charge is 0.392 e. The van der Waals surface area contributed by atoms with Gasteiger partial charge in [-0.3, -0.25) is 19.6 Å². The number of hydrogen-bond acceptors (Lipinski definition) is 5. The average Bonchev–Trinajstić information content (AvgIpc) is 3.07. The van der Waals surface area contributed by atoms with Crippen LogP contribution >= 0.6 is 0 Å². The number of aliphatic hydroxyl groups is 1. The fourth-order valence-electron chi connectivity index (χ4n) is 5.39. The SMILES string of the molecule is O=C(Cc1ccccc1)N1CC2(CN(Cc3cccnc3)C[C@@H]3C[C@@H](O)CN32)C1. The lowest BCUT2D eigenvalue weighted by atomic mass is 9.83. The van der Waals surface area contributed by atoms with E-state index >= 15 is 0 Å². The first-order valence-electron chi connectivity index (χ1n) is 10.5. The highest BCUT2D eigenvalue weighted by molar-refractivity contribution is 5.80. The third-order valence-electron chi connectivity index (χ3n) is 6.64. The van der Waals surface area contributed by atoms with Gasteiger partial charge < -0.3 is 10.0 Å². The Bertz CT molecular complexity index is 854. The number of aromatic nitrogens is 1. The Morgan fingerprint density at radius 3 is 2.62 bits per heavy atom.